The van der Waals surface area contributed by atoms with Gasteiger partial charge in [0, 0.05) is 73.2 Å². The molecule has 19 nitrogen and oxygen atoms in total. The maximum absolute atomic E-state index is 13.5. The fraction of sp³-hybridized carbons (Fsp3) is 0.741. The van der Waals surface area contributed by atoms with Crippen molar-refractivity contribution in [3.05, 3.63) is 35.9 Å². The van der Waals surface area contributed by atoms with Gasteiger partial charge < -0.3 is 34.6 Å². The van der Waals surface area contributed by atoms with Gasteiger partial charge in [-0.05, 0) is 76.9 Å². The Hall–Kier alpha value is -5.27. The number of carbonyl (C=O) groups excluding carboxylic acids is 8. The monoisotopic (exact) mass is 1090 g/mol. The lowest BCUT2D eigenvalue weighted by Gasteiger charge is -2.36. The predicted molar refractivity (Wildman–Crippen MR) is 303 cm³/mol. The molecule has 0 spiro atoms. The summed E-state index contributed by atoms with van der Waals surface area (Å²) in [7, 11) is 8.80. The molecule has 1 aromatic rings. The number of ether oxygens (including phenoxy) is 3. The van der Waals surface area contributed by atoms with Crippen LogP contribution in [0.2, 0.25) is 0 Å². The smallest absolute Gasteiger partial charge is 0.311 e. The number of likely N-dealkylation sites (tertiary alicyclic amines) is 1. The highest BCUT2D eigenvalue weighted by molar-refractivity contribution is 5.98. The first-order chi connectivity index (χ1) is 36.3. The number of nitrogens with one attached hydrogen (secondary N) is 3. The second kappa shape index (κ2) is 38.3. The molecule has 1 aliphatic rings. The maximum Gasteiger partial charge on any atom is 0.311 e. The summed E-state index contributed by atoms with van der Waals surface area (Å²) >= 11 is 0. The van der Waals surface area contributed by atoms with Crippen LogP contribution in [-0.2, 0) is 59.0 Å². The summed E-state index contributed by atoms with van der Waals surface area (Å²) in [5, 5.41) is 10.1. The first-order valence-corrected chi connectivity index (χ1v) is 28.0. The number of methoxy groups -OCH3 is 2. The van der Waals surface area contributed by atoms with Crippen molar-refractivity contribution in [3.8, 4) is 0 Å². The van der Waals surface area contributed by atoms with Crippen LogP contribution in [0.1, 0.15) is 160 Å². The molecule has 9 atom stereocenters. The summed E-state index contributed by atoms with van der Waals surface area (Å²) in [6.45, 7) is 27.3. The fourth-order valence-electron chi connectivity index (χ4n) is 9.42. The lowest BCUT2D eigenvalue weighted by Crippen LogP contribution is -2.58. The molecule has 77 heavy (non-hydrogen) atoms. The minimum Gasteiger partial charge on any atom is -0.460 e. The zero-order valence-corrected chi connectivity index (χ0v) is 50.7. The molecule has 440 valence electrons. The SMILES string of the molecule is CC.CCC(=O)N1CCCC1C(OC)C(C)C(=O)NC(C)C(Cc1ccccc1)OC(=O)C/C(C)=N/NC(=O)CCCCCN(C(C)=O)C(C)=O.CCC(C)C(COC)N(C)C(=O)[C@@H](NC(=O)C(C(C)C)N(C)C)C(C)C. The Morgan fingerprint density at radius 1 is 0.805 bits per heavy atom. The van der Waals surface area contributed by atoms with Gasteiger partial charge in [0.25, 0.3) is 0 Å². The van der Waals surface area contributed by atoms with Gasteiger partial charge in [-0.1, -0.05) is 112 Å². The number of benzene rings is 1. The Labute approximate surface area is 463 Å². The molecule has 1 aromatic carbocycles. The molecule has 1 heterocycles. The van der Waals surface area contributed by atoms with E-state index in [4.69, 9.17) is 14.2 Å². The summed E-state index contributed by atoms with van der Waals surface area (Å²) in [4.78, 5) is 107. The number of esters is 1. The van der Waals surface area contributed by atoms with Gasteiger partial charge in [0.05, 0.1) is 49.2 Å². The highest BCUT2D eigenvalue weighted by Crippen LogP contribution is 2.27. The van der Waals surface area contributed by atoms with Gasteiger partial charge in [0.1, 0.15) is 12.1 Å². The van der Waals surface area contributed by atoms with Gasteiger partial charge in [0.2, 0.25) is 41.4 Å². The molecule has 3 N–H and O–H groups in total. The summed E-state index contributed by atoms with van der Waals surface area (Å²) in [5.74, 6) is -1.94. The van der Waals surface area contributed by atoms with Gasteiger partial charge in [0.15, 0.2) is 0 Å². The number of unbranched alkanes of at least 4 members (excludes halogenated alkanes) is 2. The van der Waals surface area contributed by atoms with Crippen LogP contribution in [0.25, 0.3) is 0 Å². The van der Waals surface area contributed by atoms with E-state index in [0.717, 1.165) is 24.8 Å². The van der Waals surface area contributed by atoms with Crippen molar-refractivity contribution in [3.63, 3.8) is 0 Å². The van der Waals surface area contributed by atoms with Crippen molar-refractivity contribution in [1.82, 2.24) is 35.7 Å². The number of imide groups is 1. The Morgan fingerprint density at radius 3 is 1.92 bits per heavy atom. The van der Waals surface area contributed by atoms with Crippen LogP contribution >= 0.6 is 0 Å². The van der Waals surface area contributed by atoms with Gasteiger partial charge in [-0.15, -0.1) is 0 Å². The molecule has 1 saturated heterocycles. The van der Waals surface area contributed by atoms with E-state index in [-0.39, 0.29) is 84.2 Å². The quantitative estimate of drug-likeness (QED) is 0.0313. The number of rotatable bonds is 30. The average molecular weight is 1090 g/mol. The van der Waals surface area contributed by atoms with Crippen LogP contribution in [-0.4, -0.2) is 170 Å². The third-order valence-corrected chi connectivity index (χ3v) is 14.0. The minimum atomic E-state index is -0.694. The Morgan fingerprint density at radius 2 is 1.42 bits per heavy atom. The molecular formula is C58H102N8O11. The molecule has 0 aromatic heterocycles. The molecule has 8 unspecified atom stereocenters. The number of nitrogens with zero attached hydrogens (tertiary/aromatic N) is 5. The van der Waals surface area contributed by atoms with Crippen LogP contribution in [0.3, 0.4) is 0 Å². The summed E-state index contributed by atoms with van der Waals surface area (Å²) in [5.41, 5.74) is 3.74. The lowest BCUT2D eigenvalue weighted by molar-refractivity contribution is -0.150. The van der Waals surface area contributed by atoms with Crippen LogP contribution < -0.4 is 16.1 Å². The van der Waals surface area contributed by atoms with Gasteiger partial charge in [-0.3, -0.25) is 48.2 Å². The average Bonchev–Trinajstić information content (AvgIpc) is 3.86. The normalized spacial score (nSPS) is 16.5. The molecular weight excluding hydrogens is 985 g/mol. The first-order valence-electron chi connectivity index (χ1n) is 28.0. The van der Waals surface area contributed by atoms with Crippen LogP contribution in [0, 0.1) is 23.7 Å². The molecule has 0 aliphatic carbocycles. The van der Waals surface area contributed by atoms with E-state index in [2.05, 4.69) is 35.0 Å². The zero-order valence-electron chi connectivity index (χ0n) is 50.7. The number of hydrazone groups is 1. The van der Waals surface area contributed by atoms with Crippen molar-refractivity contribution < 1.29 is 52.6 Å². The van der Waals surface area contributed by atoms with Crippen LogP contribution in [0.5, 0.6) is 0 Å². The Balaban J connectivity index is 0.00000174. The van der Waals surface area contributed by atoms with Crippen molar-refractivity contribution in [1.29, 1.82) is 0 Å². The number of carbonyl (C=O) groups is 8. The van der Waals surface area contributed by atoms with E-state index >= 15 is 0 Å². The van der Waals surface area contributed by atoms with Crippen molar-refractivity contribution in [2.75, 3.05) is 55.1 Å². The van der Waals surface area contributed by atoms with Gasteiger partial charge >= 0.3 is 5.97 Å². The molecule has 1 aliphatic heterocycles. The number of hydrogen-bond donors (Lipinski definition) is 3. The Bertz CT molecular complexity index is 1960. The molecule has 1 fully saturated rings. The van der Waals surface area contributed by atoms with Crippen molar-refractivity contribution in [2.24, 2.45) is 28.8 Å². The van der Waals surface area contributed by atoms with E-state index < -0.39 is 36.2 Å². The summed E-state index contributed by atoms with van der Waals surface area (Å²) in [6, 6.07) is 7.95. The highest BCUT2D eigenvalue weighted by atomic mass is 16.5. The first kappa shape index (κ1) is 71.7. The van der Waals surface area contributed by atoms with Crippen molar-refractivity contribution in [2.45, 2.75) is 204 Å². The highest BCUT2D eigenvalue weighted by Gasteiger charge is 2.40. The van der Waals surface area contributed by atoms with E-state index in [0.29, 0.717) is 63.4 Å². The largest absolute Gasteiger partial charge is 0.460 e. The minimum absolute atomic E-state index is 0.00371. The van der Waals surface area contributed by atoms with E-state index in [1.807, 2.05) is 110 Å². The number of amides is 7. The second-order valence-corrected chi connectivity index (χ2v) is 21.0. The molecule has 2 rings (SSSR count). The van der Waals surface area contributed by atoms with E-state index in [1.54, 1.807) is 39.9 Å². The molecule has 7 amide bonds. The molecule has 0 radical (unpaired) electrons. The summed E-state index contributed by atoms with van der Waals surface area (Å²) in [6.07, 6.45) is 3.98. The zero-order chi connectivity index (χ0) is 59.1. The number of hydrogen-bond acceptors (Lipinski definition) is 13. The lowest BCUT2D eigenvalue weighted by atomic mass is 9.94. The van der Waals surface area contributed by atoms with Crippen LogP contribution in [0.15, 0.2) is 35.4 Å². The maximum atomic E-state index is 13.5. The van der Waals surface area contributed by atoms with Gasteiger partial charge in [-0.2, -0.15) is 5.10 Å². The van der Waals surface area contributed by atoms with E-state index in [9.17, 15) is 38.4 Å². The van der Waals surface area contributed by atoms with Crippen LogP contribution in [0.4, 0.5) is 0 Å². The molecule has 0 bridgehead atoms. The number of likely N-dealkylation sites (N-methyl/N-ethyl adjacent to an activating group) is 2. The molecule has 19 heteroatoms. The fourth-order valence-corrected chi connectivity index (χ4v) is 9.42. The second-order valence-electron chi connectivity index (χ2n) is 21.0. The Kier molecular flexibility index (Phi) is 35.7. The van der Waals surface area contributed by atoms with Gasteiger partial charge in [-0.25, -0.2) is 5.43 Å². The van der Waals surface area contributed by atoms with E-state index in [1.165, 1.54) is 18.7 Å². The van der Waals surface area contributed by atoms with Crippen molar-refractivity contribution >= 4 is 53.0 Å². The third kappa shape index (κ3) is 25.4. The third-order valence-electron chi connectivity index (χ3n) is 14.0. The summed E-state index contributed by atoms with van der Waals surface area (Å²) < 4.78 is 17.0. The predicted octanol–water partition coefficient (Wildman–Crippen LogP) is 6.79. The standard InChI is InChI=1S/C36H55N5O8.C20H41N3O3.C2H6/c1-8-33(45)41-21-15-18-30(41)35(48-7)25(3)36(47)37-26(4)31(23-29-16-11-9-12-17-29)49-34(46)22-24(2)38-39-32(44)19-13-10-14-20-40(27(5)42)28(6)43;1-11-15(6)16(12-26-10)23(9)20(25)17(13(2)3)21-19(24)18(14(4)5)22(7)8;1-2/h9,11-12,16-17,25-26,30-31,35H,8,10,13-15,18-23H2,1-7H3,(H,37,47)(H,39,44);13-18H,11-12H2,1-10H3,(H,21,24);1-2H3/b38-24+;;/t;15?,16?,17-,18?;/m.0./s1. The topological polar surface area (TPSA) is 226 Å². The molecule has 0 saturated carbocycles.